The number of hydrogen-bond acceptors (Lipinski definition) is 4. The molecule has 0 aromatic heterocycles. The summed E-state index contributed by atoms with van der Waals surface area (Å²) in [6, 6.07) is -0.715. The van der Waals surface area contributed by atoms with Crippen molar-refractivity contribution in [2.24, 2.45) is 0 Å². The van der Waals surface area contributed by atoms with Gasteiger partial charge >= 0.3 is 12.0 Å². The molecule has 0 aliphatic carbocycles. The Bertz CT molecular complexity index is 337. The minimum atomic E-state index is -0.846. The van der Waals surface area contributed by atoms with Crippen LogP contribution in [0.2, 0.25) is 0 Å². The highest BCUT2D eigenvalue weighted by atomic mass is 35.5. The van der Waals surface area contributed by atoms with Gasteiger partial charge in [0, 0.05) is 0 Å². The first kappa shape index (κ1) is 10.5. The summed E-state index contributed by atoms with van der Waals surface area (Å²) in [7, 11) is 0. The van der Waals surface area contributed by atoms with Crippen molar-refractivity contribution in [2.45, 2.75) is 6.92 Å². The van der Waals surface area contributed by atoms with Crippen molar-refractivity contribution in [1.82, 2.24) is 10.6 Å². The number of imide groups is 1. The Morgan fingerprint density at radius 3 is 2.50 bits per heavy atom. The van der Waals surface area contributed by atoms with Crippen LogP contribution in [0.3, 0.4) is 0 Å². The molecule has 0 spiro atoms. The maximum Gasteiger partial charge on any atom is 0.352 e. The fourth-order valence-electron chi connectivity index (χ4n) is 0.818. The third-order valence-corrected chi connectivity index (χ3v) is 1.71. The van der Waals surface area contributed by atoms with Crippen molar-refractivity contribution >= 4 is 29.5 Å². The lowest BCUT2D eigenvalue weighted by Crippen LogP contribution is -2.22. The van der Waals surface area contributed by atoms with Crippen molar-refractivity contribution < 1.29 is 19.1 Å². The number of urea groups is 1. The Hall–Kier alpha value is -1.56. The maximum absolute atomic E-state index is 11.0. The molecule has 6 nitrogen and oxygen atoms in total. The Balaban J connectivity index is 2.88. The van der Waals surface area contributed by atoms with Gasteiger partial charge in [0.15, 0.2) is 5.03 Å². The largest absolute Gasteiger partial charge is 0.462 e. The summed E-state index contributed by atoms with van der Waals surface area (Å²) in [4.78, 5) is 32.7. The highest BCUT2D eigenvalue weighted by Gasteiger charge is 2.29. The van der Waals surface area contributed by atoms with Gasteiger partial charge < -0.3 is 10.1 Å². The molecule has 0 unspecified atom stereocenters. The first-order valence-electron chi connectivity index (χ1n) is 3.75. The van der Waals surface area contributed by atoms with Gasteiger partial charge in [-0.2, -0.15) is 0 Å². The van der Waals surface area contributed by atoms with Crippen LogP contribution in [0.4, 0.5) is 4.79 Å². The first-order valence-corrected chi connectivity index (χ1v) is 4.13. The van der Waals surface area contributed by atoms with Gasteiger partial charge in [0.25, 0.3) is 5.91 Å². The third kappa shape index (κ3) is 2.02. The van der Waals surface area contributed by atoms with Crippen LogP contribution < -0.4 is 10.6 Å². The van der Waals surface area contributed by atoms with E-state index < -0.39 is 22.9 Å². The molecule has 0 atom stereocenters. The van der Waals surface area contributed by atoms with E-state index in [4.69, 9.17) is 11.6 Å². The average molecular weight is 219 g/mol. The number of amides is 3. The predicted molar refractivity (Wildman–Crippen MR) is 46.2 cm³/mol. The molecule has 3 amide bonds. The quantitative estimate of drug-likeness (QED) is 0.383. The third-order valence-electron chi connectivity index (χ3n) is 1.37. The van der Waals surface area contributed by atoms with Crippen molar-refractivity contribution in [1.29, 1.82) is 0 Å². The number of carbonyl (C=O) groups excluding carboxylic acids is 3. The molecular weight excluding hydrogens is 212 g/mol. The molecule has 0 radical (unpaired) electrons. The SMILES string of the molecule is CCOC(=O)/C(Cl)=C1/NC(=O)NC1=O. The Kier molecular flexibility index (Phi) is 3.08. The second kappa shape index (κ2) is 4.10. The van der Waals surface area contributed by atoms with Gasteiger partial charge in [-0.1, -0.05) is 11.6 Å². The molecule has 1 aliphatic rings. The molecule has 7 heteroatoms. The van der Waals surface area contributed by atoms with E-state index in [0.717, 1.165) is 0 Å². The summed E-state index contributed by atoms with van der Waals surface area (Å²) in [6.45, 7) is 1.73. The Labute approximate surface area is 84.2 Å². The van der Waals surface area contributed by atoms with E-state index in [9.17, 15) is 14.4 Å². The first-order chi connectivity index (χ1) is 6.56. The molecule has 0 aromatic carbocycles. The number of carbonyl (C=O) groups is 3. The number of halogens is 1. The highest BCUT2D eigenvalue weighted by molar-refractivity contribution is 6.44. The van der Waals surface area contributed by atoms with Crippen LogP contribution in [0.1, 0.15) is 6.92 Å². The van der Waals surface area contributed by atoms with Crippen LogP contribution in [0.5, 0.6) is 0 Å². The smallest absolute Gasteiger partial charge is 0.352 e. The fraction of sp³-hybridized carbons (Fsp3) is 0.286. The van der Waals surface area contributed by atoms with Crippen LogP contribution in [0, 0.1) is 0 Å². The lowest BCUT2D eigenvalue weighted by Gasteiger charge is -2.01. The maximum atomic E-state index is 11.0. The van der Waals surface area contributed by atoms with Gasteiger partial charge in [-0.05, 0) is 6.92 Å². The van der Waals surface area contributed by atoms with Crippen LogP contribution in [0.25, 0.3) is 0 Å². The second-order valence-corrected chi connectivity index (χ2v) is 2.70. The number of hydrogen-bond donors (Lipinski definition) is 2. The molecule has 14 heavy (non-hydrogen) atoms. The van der Waals surface area contributed by atoms with Crippen LogP contribution in [-0.2, 0) is 14.3 Å². The minimum Gasteiger partial charge on any atom is -0.462 e. The molecule has 0 aromatic rings. The van der Waals surface area contributed by atoms with E-state index >= 15 is 0 Å². The molecule has 1 fully saturated rings. The second-order valence-electron chi connectivity index (χ2n) is 2.32. The van der Waals surface area contributed by atoms with Crippen LogP contribution in [-0.4, -0.2) is 24.5 Å². The molecule has 1 aliphatic heterocycles. The van der Waals surface area contributed by atoms with Gasteiger partial charge in [-0.3, -0.25) is 10.1 Å². The number of ether oxygens (including phenoxy) is 1. The lowest BCUT2D eigenvalue weighted by molar-refractivity contribution is -0.138. The minimum absolute atomic E-state index is 0.137. The summed E-state index contributed by atoms with van der Waals surface area (Å²) in [6.07, 6.45) is 0. The normalized spacial score (nSPS) is 18.7. The van der Waals surface area contributed by atoms with Gasteiger partial charge in [-0.25, -0.2) is 9.59 Å². The van der Waals surface area contributed by atoms with Gasteiger partial charge in [0.1, 0.15) is 5.70 Å². The zero-order valence-corrected chi connectivity index (χ0v) is 7.97. The summed E-state index contributed by atoms with van der Waals surface area (Å²) < 4.78 is 4.54. The van der Waals surface area contributed by atoms with E-state index in [-0.39, 0.29) is 12.3 Å². The Morgan fingerprint density at radius 1 is 1.43 bits per heavy atom. The molecule has 1 saturated heterocycles. The molecule has 0 saturated carbocycles. The van der Waals surface area contributed by atoms with E-state index in [1.807, 2.05) is 5.32 Å². The summed E-state index contributed by atoms with van der Waals surface area (Å²) in [5.74, 6) is -1.59. The number of esters is 1. The van der Waals surface area contributed by atoms with Gasteiger partial charge in [0.05, 0.1) is 6.61 Å². The number of nitrogens with one attached hydrogen (secondary N) is 2. The van der Waals surface area contributed by atoms with Crippen molar-refractivity contribution in [3.63, 3.8) is 0 Å². The summed E-state index contributed by atoms with van der Waals surface area (Å²) in [5, 5.41) is 3.56. The fourth-order valence-corrected chi connectivity index (χ4v) is 1.01. The molecule has 0 bridgehead atoms. The Morgan fingerprint density at radius 2 is 2.07 bits per heavy atom. The molecule has 1 heterocycles. The van der Waals surface area contributed by atoms with E-state index in [1.165, 1.54) is 0 Å². The predicted octanol–water partition coefficient (Wildman–Crippen LogP) is -0.161. The van der Waals surface area contributed by atoms with Gasteiger partial charge in [-0.15, -0.1) is 0 Å². The van der Waals surface area contributed by atoms with Crippen molar-refractivity contribution in [3.05, 3.63) is 10.7 Å². The lowest BCUT2D eigenvalue weighted by atomic mass is 10.4. The monoisotopic (exact) mass is 218 g/mol. The molecule has 1 rings (SSSR count). The average Bonchev–Trinajstić information content (AvgIpc) is 2.44. The van der Waals surface area contributed by atoms with Crippen molar-refractivity contribution in [2.75, 3.05) is 6.61 Å². The van der Waals surface area contributed by atoms with E-state index in [0.29, 0.717) is 0 Å². The van der Waals surface area contributed by atoms with Crippen LogP contribution >= 0.6 is 11.6 Å². The number of rotatable bonds is 2. The van der Waals surface area contributed by atoms with E-state index in [1.54, 1.807) is 6.92 Å². The topological polar surface area (TPSA) is 84.5 Å². The summed E-state index contributed by atoms with van der Waals surface area (Å²) in [5.41, 5.74) is -0.282. The molecule has 76 valence electrons. The molecular formula is C7H7ClN2O4. The molecule has 2 N–H and O–H groups in total. The standard InChI is InChI=1S/C7H7ClN2O4/c1-2-14-6(12)3(8)4-5(11)10-7(13)9-4/h2H2,1H3,(H2,9,10,11,13)/b4-3-. The highest BCUT2D eigenvalue weighted by Crippen LogP contribution is 2.12. The van der Waals surface area contributed by atoms with Gasteiger partial charge in [0.2, 0.25) is 0 Å². The van der Waals surface area contributed by atoms with Crippen molar-refractivity contribution in [3.8, 4) is 0 Å². The van der Waals surface area contributed by atoms with Crippen LogP contribution in [0.15, 0.2) is 10.7 Å². The zero-order chi connectivity index (χ0) is 10.7. The van der Waals surface area contributed by atoms with E-state index in [2.05, 4.69) is 10.1 Å². The summed E-state index contributed by atoms with van der Waals surface area (Å²) >= 11 is 5.51. The zero-order valence-electron chi connectivity index (χ0n) is 7.22.